The second-order valence-electron chi connectivity index (χ2n) is 8.01. The monoisotopic (exact) mass is 371 g/mol. The topological polar surface area (TPSA) is 94.9 Å². The molecule has 2 fully saturated rings. The van der Waals surface area contributed by atoms with Gasteiger partial charge in [0.25, 0.3) is 5.91 Å². The Morgan fingerprint density at radius 1 is 1.19 bits per heavy atom. The van der Waals surface area contributed by atoms with Crippen LogP contribution in [0.5, 0.6) is 0 Å². The van der Waals surface area contributed by atoms with Crippen molar-refractivity contribution in [2.24, 2.45) is 11.7 Å². The van der Waals surface area contributed by atoms with Crippen molar-refractivity contribution in [3.8, 4) is 0 Å². The summed E-state index contributed by atoms with van der Waals surface area (Å²) in [5.74, 6) is 1.64. The van der Waals surface area contributed by atoms with Gasteiger partial charge in [0, 0.05) is 38.1 Å². The van der Waals surface area contributed by atoms with Gasteiger partial charge in [-0.15, -0.1) is 5.10 Å². The molecule has 1 aliphatic heterocycles. The van der Waals surface area contributed by atoms with E-state index in [0.29, 0.717) is 23.7 Å². The van der Waals surface area contributed by atoms with Gasteiger partial charge < -0.3 is 15.2 Å². The first-order valence-corrected chi connectivity index (χ1v) is 10.0. The number of likely N-dealkylation sites (tertiary alicyclic amines) is 1. The number of piperidine rings is 1. The fourth-order valence-electron chi connectivity index (χ4n) is 4.27. The van der Waals surface area contributed by atoms with Crippen LogP contribution >= 0.6 is 0 Å². The number of imidazole rings is 1. The summed E-state index contributed by atoms with van der Waals surface area (Å²) < 4.78 is 4.07. The quantitative estimate of drug-likeness (QED) is 0.884. The average Bonchev–Trinajstić information content (AvgIpc) is 3.32. The lowest BCUT2D eigenvalue weighted by atomic mass is 9.92. The number of aromatic nitrogens is 5. The first-order valence-electron chi connectivity index (χ1n) is 10.0. The van der Waals surface area contributed by atoms with Crippen LogP contribution < -0.4 is 5.73 Å². The van der Waals surface area contributed by atoms with Gasteiger partial charge >= 0.3 is 0 Å². The summed E-state index contributed by atoms with van der Waals surface area (Å²) in [4.78, 5) is 19.0. The van der Waals surface area contributed by atoms with Crippen molar-refractivity contribution in [2.75, 3.05) is 13.1 Å². The van der Waals surface area contributed by atoms with Crippen molar-refractivity contribution in [1.82, 2.24) is 29.4 Å². The first kappa shape index (κ1) is 18.2. The molecule has 146 valence electrons. The Morgan fingerprint density at radius 2 is 1.93 bits per heavy atom. The molecule has 8 heteroatoms. The molecule has 1 aliphatic carbocycles. The molecular formula is C19H29N7O. The fraction of sp³-hybridized carbons (Fsp3) is 0.684. The predicted molar refractivity (Wildman–Crippen MR) is 101 cm³/mol. The highest BCUT2D eigenvalue weighted by Crippen LogP contribution is 2.27. The van der Waals surface area contributed by atoms with Gasteiger partial charge in [0.05, 0.1) is 12.2 Å². The largest absolute Gasteiger partial charge is 0.337 e. The van der Waals surface area contributed by atoms with Crippen LogP contribution in [0, 0.1) is 12.8 Å². The molecule has 27 heavy (non-hydrogen) atoms. The van der Waals surface area contributed by atoms with E-state index in [-0.39, 0.29) is 5.91 Å². The van der Waals surface area contributed by atoms with Crippen LogP contribution in [0.25, 0.3) is 0 Å². The van der Waals surface area contributed by atoms with E-state index in [4.69, 9.17) is 5.73 Å². The number of aryl methyl sites for hydroxylation is 1. The van der Waals surface area contributed by atoms with Crippen molar-refractivity contribution in [3.63, 3.8) is 0 Å². The molecule has 1 saturated carbocycles. The Kier molecular flexibility index (Phi) is 5.24. The fourth-order valence-corrected chi connectivity index (χ4v) is 4.27. The summed E-state index contributed by atoms with van der Waals surface area (Å²) >= 11 is 0. The van der Waals surface area contributed by atoms with Gasteiger partial charge in [-0.1, -0.05) is 5.21 Å². The number of carbonyl (C=O) groups is 1. The maximum absolute atomic E-state index is 12.8. The van der Waals surface area contributed by atoms with E-state index in [0.717, 1.165) is 64.0 Å². The third-order valence-corrected chi connectivity index (χ3v) is 6.13. The summed E-state index contributed by atoms with van der Waals surface area (Å²) in [6.07, 6.45) is 11.8. The molecule has 2 aliphatic rings. The SMILES string of the molecule is Cc1nccn1CC1CCN(C(=O)c2cn(C3CCC(N)CC3)nn2)CC1. The molecule has 1 saturated heterocycles. The minimum Gasteiger partial charge on any atom is -0.337 e. The second-order valence-corrected chi connectivity index (χ2v) is 8.01. The van der Waals surface area contributed by atoms with E-state index >= 15 is 0 Å². The Bertz CT molecular complexity index is 767. The normalized spacial score (nSPS) is 24.3. The van der Waals surface area contributed by atoms with Crippen LogP contribution in [0.15, 0.2) is 18.6 Å². The van der Waals surface area contributed by atoms with Crippen molar-refractivity contribution in [1.29, 1.82) is 0 Å². The van der Waals surface area contributed by atoms with E-state index in [9.17, 15) is 4.79 Å². The van der Waals surface area contributed by atoms with Gasteiger partial charge in [-0.05, 0) is 51.4 Å². The lowest BCUT2D eigenvalue weighted by Crippen LogP contribution is -2.39. The number of amides is 1. The van der Waals surface area contributed by atoms with Crippen LogP contribution in [-0.2, 0) is 6.54 Å². The summed E-state index contributed by atoms with van der Waals surface area (Å²) in [5.41, 5.74) is 6.44. The van der Waals surface area contributed by atoms with Gasteiger partial charge in [0.1, 0.15) is 5.82 Å². The van der Waals surface area contributed by atoms with Gasteiger partial charge in [0.2, 0.25) is 0 Å². The summed E-state index contributed by atoms with van der Waals surface area (Å²) in [5, 5.41) is 8.38. The van der Waals surface area contributed by atoms with Crippen LogP contribution in [0.4, 0.5) is 0 Å². The zero-order chi connectivity index (χ0) is 18.8. The maximum atomic E-state index is 12.8. The number of nitrogens with zero attached hydrogens (tertiary/aromatic N) is 6. The average molecular weight is 371 g/mol. The van der Waals surface area contributed by atoms with Crippen LogP contribution in [0.2, 0.25) is 0 Å². The summed E-state index contributed by atoms with van der Waals surface area (Å²) in [6.45, 7) is 4.57. The zero-order valence-corrected chi connectivity index (χ0v) is 16.0. The van der Waals surface area contributed by atoms with Crippen LogP contribution in [-0.4, -0.2) is 54.5 Å². The van der Waals surface area contributed by atoms with E-state index in [1.54, 1.807) is 0 Å². The Balaban J connectivity index is 1.31. The molecule has 3 heterocycles. The molecule has 2 aromatic heterocycles. The third-order valence-electron chi connectivity index (χ3n) is 6.13. The number of hydrogen-bond donors (Lipinski definition) is 1. The standard InChI is InChI=1S/C19H29N7O/c1-14-21-8-11-25(14)12-15-6-9-24(10-7-15)19(27)18-13-26(23-22-18)17-4-2-16(20)3-5-17/h8,11,13,15-17H,2-7,9-10,12,20H2,1H3. The molecule has 8 nitrogen and oxygen atoms in total. The third kappa shape index (κ3) is 4.05. The van der Waals surface area contributed by atoms with Crippen LogP contribution in [0.3, 0.4) is 0 Å². The molecule has 4 rings (SSSR count). The lowest BCUT2D eigenvalue weighted by molar-refractivity contribution is 0.0676. The molecule has 1 amide bonds. The van der Waals surface area contributed by atoms with Crippen molar-refractivity contribution in [2.45, 2.75) is 64.1 Å². The summed E-state index contributed by atoms with van der Waals surface area (Å²) in [7, 11) is 0. The molecule has 0 radical (unpaired) electrons. The molecular weight excluding hydrogens is 342 g/mol. The minimum atomic E-state index is 0.00558. The van der Waals surface area contributed by atoms with Crippen molar-refractivity contribution in [3.05, 3.63) is 30.1 Å². The highest BCUT2D eigenvalue weighted by Gasteiger charge is 2.27. The van der Waals surface area contributed by atoms with E-state index in [1.807, 2.05) is 35.1 Å². The first-order chi connectivity index (χ1) is 13.1. The molecule has 0 aromatic carbocycles. The second kappa shape index (κ2) is 7.80. The Hall–Kier alpha value is -2.22. The highest BCUT2D eigenvalue weighted by atomic mass is 16.2. The van der Waals surface area contributed by atoms with Crippen molar-refractivity contribution < 1.29 is 4.79 Å². The number of nitrogens with two attached hydrogens (primary N) is 1. The van der Waals surface area contributed by atoms with Gasteiger partial charge in [-0.2, -0.15) is 0 Å². The number of rotatable bonds is 4. The van der Waals surface area contributed by atoms with Gasteiger partial charge in [0.15, 0.2) is 5.69 Å². The molecule has 2 N–H and O–H groups in total. The lowest BCUT2D eigenvalue weighted by Gasteiger charge is -2.31. The minimum absolute atomic E-state index is 0.00558. The number of carbonyl (C=O) groups excluding carboxylic acids is 1. The van der Waals surface area contributed by atoms with Gasteiger partial charge in [-0.3, -0.25) is 4.79 Å². The molecule has 0 atom stereocenters. The van der Waals surface area contributed by atoms with E-state index < -0.39 is 0 Å². The zero-order valence-electron chi connectivity index (χ0n) is 16.0. The van der Waals surface area contributed by atoms with E-state index in [1.165, 1.54) is 0 Å². The number of hydrogen-bond acceptors (Lipinski definition) is 5. The molecule has 0 unspecified atom stereocenters. The van der Waals surface area contributed by atoms with Crippen LogP contribution in [0.1, 0.15) is 60.9 Å². The molecule has 0 spiro atoms. The van der Waals surface area contributed by atoms with E-state index in [2.05, 4.69) is 19.9 Å². The smallest absolute Gasteiger partial charge is 0.276 e. The molecule has 0 bridgehead atoms. The summed E-state index contributed by atoms with van der Waals surface area (Å²) in [6, 6.07) is 0.626. The molecule has 2 aromatic rings. The predicted octanol–water partition coefficient (Wildman–Crippen LogP) is 1.78. The Labute approximate surface area is 159 Å². The van der Waals surface area contributed by atoms with Crippen molar-refractivity contribution >= 4 is 5.91 Å². The van der Waals surface area contributed by atoms with Gasteiger partial charge in [-0.25, -0.2) is 9.67 Å². The maximum Gasteiger partial charge on any atom is 0.276 e. The Morgan fingerprint density at radius 3 is 2.59 bits per heavy atom. The highest BCUT2D eigenvalue weighted by molar-refractivity contribution is 5.92.